The summed E-state index contributed by atoms with van der Waals surface area (Å²) in [5.41, 5.74) is 0.730. The number of hydrogen-bond acceptors (Lipinski definition) is 5. The van der Waals surface area contributed by atoms with Crippen LogP contribution >= 0.6 is 0 Å². The first kappa shape index (κ1) is 14.5. The zero-order valence-corrected chi connectivity index (χ0v) is 11.2. The van der Waals surface area contributed by atoms with Crippen LogP contribution in [0.25, 0.3) is 0 Å². The topological polar surface area (TPSA) is 88.5 Å². The number of aromatic hydroxyl groups is 1. The average Bonchev–Trinajstić information content (AvgIpc) is 2.52. The van der Waals surface area contributed by atoms with E-state index in [1.807, 2.05) is 30.3 Å². The first-order valence-electron chi connectivity index (χ1n) is 6.28. The normalized spacial score (nSPS) is 9.90. The summed E-state index contributed by atoms with van der Waals surface area (Å²) < 4.78 is 5.01. The monoisotopic (exact) mass is 286 g/mol. The van der Waals surface area contributed by atoms with Crippen molar-refractivity contribution in [1.82, 2.24) is 10.3 Å². The maximum atomic E-state index is 11.7. The van der Waals surface area contributed by atoms with E-state index in [-0.39, 0.29) is 24.6 Å². The molecule has 0 saturated heterocycles. The van der Waals surface area contributed by atoms with Crippen LogP contribution in [0.3, 0.4) is 0 Å². The molecule has 6 heteroatoms. The van der Waals surface area contributed by atoms with Gasteiger partial charge in [0.15, 0.2) is 5.69 Å². The zero-order valence-electron chi connectivity index (χ0n) is 11.2. The van der Waals surface area contributed by atoms with Crippen molar-refractivity contribution < 1.29 is 19.4 Å². The molecule has 0 saturated carbocycles. The molecular formula is C15H14N2O4. The van der Waals surface area contributed by atoms with Gasteiger partial charge in [0.1, 0.15) is 18.9 Å². The van der Waals surface area contributed by atoms with E-state index in [0.29, 0.717) is 0 Å². The number of benzene rings is 1. The molecule has 0 bridgehead atoms. The first-order chi connectivity index (χ1) is 10.2. The van der Waals surface area contributed by atoms with E-state index in [9.17, 15) is 14.7 Å². The lowest BCUT2D eigenvalue weighted by atomic mass is 10.2. The van der Waals surface area contributed by atoms with Crippen molar-refractivity contribution in [3.05, 3.63) is 59.9 Å². The number of aromatic nitrogens is 1. The standard InChI is InChI=1S/C15H14N2O4/c18-12-7-4-8-16-14(12)15(20)17-9-13(19)21-10-11-5-2-1-3-6-11/h1-8,18H,9-10H2,(H,17,20). The molecule has 2 N–H and O–H groups in total. The Morgan fingerprint density at radius 2 is 1.90 bits per heavy atom. The Morgan fingerprint density at radius 3 is 2.62 bits per heavy atom. The number of carbonyl (C=O) groups excluding carboxylic acids is 2. The Morgan fingerprint density at radius 1 is 1.14 bits per heavy atom. The minimum atomic E-state index is -0.634. The maximum absolute atomic E-state index is 11.7. The lowest BCUT2D eigenvalue weighted by Crippen LogP contribution is -2.31. The molecule has 6 nitrogen and oxygen atoms in total. The van der Waals surface area contributed by atoms with Gasteiger partial charge in [-0.05, 0) is 17.7 Å². The van der Waals surface area contributed by atoms with E-state index >= 15 is 0 Å². The van der Waals surface area contributed by atoms with Gasteiger partial charge in [-0.2, -0.15) is 0 Å². The van der Waals surface area contributed by atoms with Crippen molar-refractivity contribution in [3.8, 4) is 5.75 Å². The molecule has 2 aromatic rings. The number of rotatable bonds is 5. The lowest BCUT2D eigenvalue weighted by molar-refractivity contribution is -0.143. The molecule has 1 amide bonds. The highest BCUT2D eigenvalue weighted by Gasteiger charge is 2.13. The number of pyridine rings is 1. The van der Waals surface area contributed by atoms with Crippen LogP contribution in [0, 0.1) is 0 Å². The van der Waals surface area contributed by atoms with Gasteiger partial charge in [0.25, 0.3) is 5.91 Å². The van der Waals surface area contributed by atoms with Gasteiger partial charge >= 0.3 is 5.97 Å². The number of ether oxygens (including phenoxy) is 1. The molecule has 0 spiro atoms. The molecule has 0 radical (unpaired) electrons. The second kappa shape index (κ2) is 7.04. The molecule has 0 unspecified atom stereocenters. The van der Waals surface area contributed by atoms with Gasteiger partial charge in [-0.15, -0.1) is 0 Å². The van der Waals surface area contributed by atoms with Crippen LogP contribution in [0.15, 0.2) is 48.7 Å². The second-order valence-corrected chi connectivity index (χ2v) is 4.20. The van der Waals surface area contributed by atoms with Crippen molar-refractivity contribution in [2.24, 2.45) is 0 Å². The Bertz CT molecular complexity index is 629. The number of nitrogens with one attached hydrogen (secondary N) is 1. The lowest BCUT2D eigenvalue weighted by Gasteiger charge is -2.07. The highest BCUT2D eigenvalue weighted by atomic mass is 16.5. The predicted molar refractivity (Wildman–Crippen MR) is 74.5 cm³/mol. The molecule has 0 aliphatic rings. The van der Waals surface area contributed by atoms with Crippen molar-refractivity contribution >= 4 is 11.9 Å². The van der Waals surface area contributed by atoms with Crippen molar-refractivity contribution in [2.75, 3.05) is 6.54 Å². The van der Waals surface area contributed by atoms with E-state index in [4.69, 9.17) is 4.74 Å². The first-order valence-corrected chi connectivity index (χ1v) is 6.28. The molecule has 1 aromatic heterocycles. The molecule has 0 aliphatic heterocycles. The molecule has 0 atom stereocenters. The van der Waals surface area contributed by atoms with Crippen molar-refractivity contribution in [1.29, 1.82) is 0 Å². The van der Waals surface area contributed by atoms with E-state index in [1.54, 1.807) is 0 Å². The minimum Gasteiger partial charge on any atom is -0.505 e. The molecule has 1 aromatic carbocycles. The fourth-order valence-corrected chi connectivity index (χ4v) is 1.60. The molecule has 0 aliphatic carbocycles. The van der Waals surface area contributed by atoms with Crippen LogP contribution in [0.1, 0.15) is 16.1 Å². The van der Waals surface area contributed by atoms with Gasteiger partial charge in [0, 0.05) is 6.20 Å². The Labute approximate surface area is 121 Å². The Kier molecular flexibility index (Phi) is 4.87. The number of hydrogen-bond donors (Lipinski definition) is 2. The van der Waals surface area contributed by atoms with E-state index in [0.717, 1.165) is 5.56 Å². The molecule has 1 heterocycles. The predicted octanol–water partition coefficient (Wildman–Crippen LogP) is 1.26. The summed E-state index contributed by atoms with van der Waals surface area (Å²) >= 11 is 0. The number of nitrogens with zero attached hydrogens (tertiary/aromatic N) is 1. The molecule has 108 valence electrons. The summed E-state index contributed by atoms with van der Waals surface area (Å²) in [6.45, 7) is -0.147. The number of carbonyl (C=O) groups is 2. The molecular weight excluding hydrogens is 272 g/mol. The van der Waals surface area contributed by atoms with Crippen LogP contribution in [-0.4, -0.2) is 28.5 Å². The van der Waals surface area contributed by atoms with Gasteiger partial charge in [-0.3, -0.25) is 9.59 Å². The smallest absolute Gasteiger partial charge is 0.325 e. The third kappa shape index (κ3) is 4.31. The SMILES string of the molecule is O=C(CNC(=O)c1ncccc1O)OCc1ccccc1. The van der Waals surface area contributed by atoms with Gasteiger partial charge in [-0.1, -0.05) is 30.3 Å². The fraction of sp³-hybridized carbons (Fsp3) is 0.133. The maximum Gasteiger partial charge on any atom is 0.325 e. The zero-order chi connectivity index (χ0) is 15.1. The number of esters is 1. The van der Waals surface area contributed by atoms with E-state index in [2.05, 4.69) is 10.3 Å². The summed E-state index contributed by atoms with van der Waals surface area (Å²) in [6.07, 6.45) is 1.38. The molecule has 2 rings (SSSR count). The van der Waals surface area contributed by atoms with Crippen molar-refractivity contribution in [2.45, 2.75) is 6.61 Å². The van der Waals surface area contributed by atoms with Crippen LogP contribution < -0.4 is 5.32 Å². The Balaban J connectivity index is 1.79. The van der Waals surface area contributed by atoms with Gasteiger partial charge in [0.05, 0.1) is 0 Å². The van der Waals surface area contributed by atoms with Gasteiger partial charge in [-0.25, -0.2) is 4.98 Å². The second-order valence-electron chi connectivity index (χ2n) is 4.20. The summed E-state index contributed by atoms with van der Waals surface area (Å²) in [5, 5.41) is 11.8. The highest BCUT2D eigenvalue weighted by Crippen LogP contribution is 2.11. The van der Waals surface area contributed by atoms with Gasteiger partial charge in [0.2, 0.25) is 0 Å². The Hall–Kier alpha value is -2.89. The highest BCUT2D eigenvalue weighted by molar-refractivity contribution is 5.96. The fourth-order valence-electron chi connectivity index (χ4n) is 1.60. The third-order valence-electron chi connectivity index (χ3n) is 2.64. The third-order valence-corrected chi connectivity index (χ3v) is 2.64. The largest absolute Gasteiger partial charge is 0.505 e. The summed E-state index contributed by atoms with van der Waals surface area (Å²) in [4.78, 5) is 27.0. The summed E-state index contributed by atoms with van der Waals surface area (Å²) in [5.74, 6) is -1.44. The summed E-state index contributed by atoms with van der Waals surface area (Å²) in [7, 11) is 0. The van der Waals surface area contributed by atoms with Crippen molar-refractivity contribution in [3.63, 3.8) is 0 Å². The summed E-state index contributed by atoms with van der Waals surface area (Å²) in [6, 6.07) is 12.1. The van der Waals surface area contributed by atoms with Crippen LogP contribution in [0.2, 0.25) is 0 Å². The van der Waals surface area contributed by atoms with Crippen LogP contribution in [-0.2, 0) is 16.1 Å². The minimum absolute atomic E-state index is 0.131. The van der Waals surface area contributed by atoms with Gasteiger partial charge < -0.3 is 15.2 Å². The van der Waals surface area contributed by atoms with Crippen LogP contribution in [0.4, 0.5) is 0 Å². The molecule has 0 fully saturated rings. The van der Waals surface area contributed by atoms with Crippen LogP contribution in [0.5, 0.6) is 5.75 Å². The number of amides is 1. The van der Waals surface area contributed by atoms with E-state index < -0.39 is 11.9 Å². The average molecular weight is 286 g/mol. The quantitative estimate of drug-likeness (QED) is 0.808. The van der Waals surface area contributed by atoms with E-state index in [1.165, 1.54) is 18.3 Å². The molecule has 21 heavy (non-hydrogen) atoms.